The lowest BCUT2D eigenvalue weighted by Crippen LogP contribution is -2.00. The van der Waals surface area contributed by atoms with Gasteiger partial charge in [-0.3, -0.25) is 0 Å². The molecule has 27 heavy (non-hydrogen) atoms. The summed E-state index contributed by atoms with van der Waals surface area (Å²) in [5.41, 5.74) is 4.60. The van der Waals surface area contributed by atoms with Gasteiger partial charge in [0.2, 0.25) is 11.5 Å². The predicted octanol–water partition coefficient (Wildman–Crippen LogP) is 5.27. The third-order valence-corrected chi connectivity index (χ3v) is 4.90. The molecule has 138 valence electrons. The lowest BCUT2D eigenvalue weighted by Gasteiger charge is -2.18. The van der Waals surface area contributed by atoms with Crippen LogP contribution in [0, 0.1) is 0 Å². The largest absolute Gasteiger partial charge is 0.493 e. The fraction of sp³-hybridized carbons (Fsp3) is 0.217. The average molecular weight is 362 g/mol. The number of ether oxygens (including phenoxy) is 4. The molecular formula is C23H22O4. The van der Waals surface area contributed by atoms with Crippen molar-refractivity contribution in [3.8, 4) is 39.9 Å². The summed E-state index contributed by atoms with van der Waals surface area (Å²) in [6.07, 6.45) is 1.71. The maximum Gasteiger partial charge on any atom is 0.208 e. The van der Waals surface area contributed by atoms with Crippen LogP contribution in [0.5, 0.6) is 28.7 Å². The maximum atomic E-state index is 6.30. The Kier molecular flexibility index (Phi) is 4.63. The van der Waals surface area contributed by atoms with Crippen LogP contribution >= 0.6 is 0 Å². The number of methoxy groups -OCH3 is 3. The molecule has 0 aromatic heterocycles. The molecule has 0 N–H and O–H groups in total. The zero-order valence-electron chi connectivity index (χ0n) is 15.7. The molecule has 0 unspecified atom stereocenters. The van der Waals surface area contributed by atoms with E-state index >= 15 is 0 Å². The molecule has 0 spiro atoms. The van der Waals surface area contributed by atoms with Gasteiger partial charge in [-0.05, 0) is 47.7 Å². The topological polar surface area (TPSA) is 36.9 Å². The Morgan fingerprint density at radius 3 is 2.15 bits per heavy atom. The SMILES string of the molecule is COc1cc2c(c(OC)c1OC)Oc1ccc(-c3ccccc3)cc1CC2. The summed E-state index contributed by atoms with van der Waals surface area (Å²) in [5.74, 6) is 3.29. The van der Waals surface area contributed by atoms with Crippen molar-refractivity contribution in [3.63, 3.8) is 0 Å². The third-order valence-electron chi connectivity index (χ3n) is 4.90. The molecule has 0 atom stereocenters. The van der Waals surface area contributed by atoms with Gasteiger partial charge in [-0.25, -0.2) is 0 Å². The quantitative estimate of drug-likeness (QED) is 0.633. The van der Waals surface area contributed by atoms with Gasteiger partial charge in [0.1, 0.15) is 5.75 Å². The van der Waals surface area contributed by atoms with E-state index in [1.54, 1.807) is 21.3 Å². The van der Waals surface area contributed by atoms with E-state index in [-0.39, 0.29) is 0 Å². The highest BCUT2D eigenvalue weighted by Gasteiger charge is 2.25. The molecule has 1 heterocycles. The summed E-state index contributed by atoms with van der Waals surface area (Å²) in [5, 5.41) is 0. The summed E-state index contributed by atoms with van der Waals surface area (Å²) in [7, 11) is 4.84. The molecule has 3 aromatic rings. The maximum absolute atomic E-state index is 6.30. The van der Waals surface area contributed by atoms with Crippen LogP contribution < -0.4 is 18.9 Å². The highest BCUT2D eigenvalue weighted by molar-refractivity contribution is 5.68. The molecule has 1 aliphatic heterocycles. The Bertz CT molecular complexity index is 964. The standard InChI is InChI=1S/C23H22O4/c1-24-20-14-18-10-9-17-13-16(15-7-5-4-6-8-15)11-12-19(17)27-21(18)23(26-3)22(20)25-2/h4-8,11-14H,9-10H2,1-3H3. The first-order valence-corrected chi connectivity index (χ1v) is 8.93. The highest BCUT2D eigenvalue weighted by Crippen LogP contribution is 2.50. The van der Waals surface area contributed by atoms with Gasteiger partial charge in [0, 0.05) is 5.56 Å². The first kappa shape index (κ1) is 17.3. The number of hydrogen-bond acceptors (Lipinski definition) is 4. The molecule has 0 radical (unpaired) electrons. The molecule has 4 heteroatoms. The van der Waals surface area contributed by atoms with Gasteiger partial charge >= 0.3 is 0 Å². The van der Waals surface area contributed by atoms with E-state index in [1.807, 2.05) is 18.2 Å². The summed E-state index contributed by atoms with van der Waals surface area (Å²) in [6, 6.07) is 18.7. The van der Waals surface area contributed by atoms with E-state index in [1.165, 1.54) is 16.7 Å². The van der Waals surface area contributed by atoms with Crippen LogP contribution in [0.25, 0.3) is 11.1 Å². The zero-order chi connectivity index (χ0) is 18.8. The van der Waals surface area contributed by atoms with Crippen LogP contribution in [0.15, 0.2) is 54.6 Å². The number of aryl methyl sites for hydroxylation is 2. The minimum absolute atomic E-state index is 0.545. The van der Waals surface area contributed by atoms with Crippen molar-refractivity contribution in [3.05, 3.63) is 65.7 Å². The van der Waals surface area contributed by atoms with E-state index < -0.39 is 0 Å². The van der Waals surface area contributed by atoms with E-state index in [0.29, 0.717) is 23.0 Å². The van der Waals surface area contributed by atoms with E-state index in [9.17, 15) is 0 Å². The lowest BCUT2D eigenvalue weighted by atomic mass is 9.99. The molecule has 0 saturated carbocycles. The lowest BCUT2D eigenvalue weighted by molar-refractivity contribution is 0.312. The van der Waals surface area contributed by atoms with Gasteiger partial charge in [-0.15, -0.1) is 0 Å². The second-order valence-electron chi connectivity index (χ2n) is 6.42. The Hall–Kier alpha value is -3.14. The average Bonchev–Trinajstić information content (AvgIpc) is 2.91. The van der Waals surface area contributed by atoms with Gasteiger partial charge in [-0.1, -0.05) is 36.4 Å². The number of rotatable bonds is 4. The monoisotopic (exact) mass is 362 g/mol. The summed E-state index contributed by atoms with van der Waals surface area (Å²) < 4.78 is 22.9. The molecule has 0 fully saturated rings. The Morgan fingerprint density at radius 1 is 0.704 bits per heavy atom. The zero-order valence-corrected chi connectivity index (χ0v) is 15.7. The fourth-order valence-electron chi connectivity index (χ4n) is 3.54. The van der Waals surface area contributed by atoms with Crippen LogP contribution in [0.2, 0.25) is 0 Å². The van der Waals surface area contributed by atoms with Gasteiger partial charge in [0.15, 0.2) is 11.5 Å². The van der Waals surface area contributed by atoms with Crippen LogP contribution in [0.3, 0.4) is 0 Å². The van der Waals surface area contributed by atoms with Crippen molar-refractivity contribution in [2.75, 3.05) is 21.3 Å². The van der Waals surface area contributed by atoms with Crippen LogP contribution in [0.4, 0.5) is 0 Å². The van der Waals surface area contributed by atoms with Crippen LogP contribution in [-0.2, 0) is 12.8 Å². The first-order chi connectivity index (χ1) is 13.2. The van der Waals surface area contributed by atoms with Crippen molar-refractivity contribution < 1.29 is 18.9 Å². The van der Waals surface area contributed by atoms with Crippen LogP contribution in [0.1, 0.15) is 11.1 Å². The van der Waals surface area contributed by atoms with Crippen molar-refractivity contribution in [1.29, 1.82) is 0 Å². The molecule has 0 saturated heterocycles. The van der Waals surface area contributed by atoms with Crippen LogP contribution in [-0.4, -0.2) is 21.3 Å². The third kappa shape index (κ3) is 3.08. The number of hydrogen-bond donors (Lipinski definition) is 0. The van der Waals surface area contributed by atoms with Gasteiger partial charge in [0.25, 0.3) is 0 Å². The fourth-order valence-corrected chi connectivity index (χ4v) is 3.54. The van der Waals surface area contributed by atoms with Crippen molar-refractivity contribution in [1.82, 2.24) is 0 Å². The molecule has 1 aliphatic rings. The summed E-state index contributed by atoms with van der Waals surface area (Å²) in [4.78, 5) is 0. The van der Waals surface area contributed by atoms with E-state index in [0.717, 1.165) is 24.2 Å². The van der Waals surface area contributed by atoms with Crippen molar-refractivity contribution in [2.24, 2.45) is 0 Å². The van der Waals surface area contributed by atoms with E-state index in [4.69, 9.17) is 18.9 Å². The van der Waals surface area contributed by atoms with Gasteiger partial charge in [-0.2, -0.15) is 0 Å². The molecule has 3 aromatic carbocycles. The molecule has 0 bridgehead atoms. The second kappa shape index (κ2) is 7.23. The second-order valence-corrected chi connectivity index (χ2v) is 6.42. The first-order valence-electron chi connectivity index (χ1n) is 8.93. The Balaban J connectivity index is 1.78. The summed E-state index contributed by atoms with van der Waals surface area (Å²) >= 11 is 0. The Morgan fingerprint density at radius 2 is 1.44 bits per heavy atom. The molecule has 4 nitrogen and oxygen atoms in total. The number of fused-ring (bicyclic) bond motifs is 2. The van der Waals surface area contributed by atoms with Gasteiger partial charge in [0.05, 0.1) is 21.3 Å². The summed E-state index contributed by atoms with van der Waals surface area (Å²) in [6.45, 7) is 0. The van der Waals surface area contributed by atoms with Crippen molar-refractivity contribution in [2.45, 2.75) is 12.8 Å². The highest BCUT2D eigenvalue weighted by atomic mass is 16.5. The number of benzene rings is 3. The molecule has 0 amide bonds. The predicted molar refractivity (Wildman–Crippen MR) is 105 cm³/mol. The smallest absolute Gasteiger partial charge is 0.208 e. The minimum Gasteiger partial charge on any atom is -0.493 e. The Labute approximate surface area is 159 Å². The minimum atomic E-state index is 0.545. The molecular weight excluding hydrogens is 340 g/mol. The van der Waals surface area contributed by atoms with Crippen molar-refractivity contribution >= 4 is 0 Å². The molecule has 0 aliphatic carbocycles. The molecule has 4 rings (SSSR count). The van der Waals surface area contributed by atoms with Gasteiger partial charge < -0.3 is 18.9 Å². The normalized spacial score (nSPS) is 12.3. The van der Waals surface area contributed by atoms with E-state index in [2.05, 4.69) is 36.4 Å².